The number of amides is 2. The summed E-state index contributed by atoms with van der Waals surface area (Å²) in [5.74, 6) is -2.97. The molecule has 1 aliphatic heterocycles. The van der Waals surface area contributed by atoms with E-state index in [0.29, 0.717) is 41.1 Å². The van der Waals surface area contributed by atoms with Gasteiger partial charge in [0.15, 0.2) is 5.82 Å². The maximum Gasteiger partial charge on any atom is 0.490 e. The summed E-state index contributed by atoms with van der Waals surface area (Å²) in [6.07, 6.45) is -6.76. The highest BCUT2D eigenvalue weighted by Gasteiger charge is 2.38. The first-order valence-electron chi connectivity index (χ1n) is 13.8. The van der Waals surface area contributed by atoms with E-state index in [0.717, 1.165) is 18.6 Å². The van der Waals surface area contributed by atoms with Gasteiger partial charge in [-0.3, -0.25) is 14.6 Å². The predicted octanol–water partition coefficient (Wildman–Crippen LogP) is 6.50. The number of likely N-dealkylation sites (tertiary alicyclic amines) is 1. The van der Waals surface area contributed by atoms with Crippen LogP contribution in [0.5, 0.6) is 11.5 Å². The number of aromatic nitrogens is 3. The Labute approximate surface area is 257 Å². The quantitative estimate of drug-likeness (QED) is 0.202. The van der Waals surface area contributed by atoms with Gasteiger partial charge in [-0.25, -0.2) is 9.78 Å². The highest BCUT2D eigenvalue weighted by Crippen LogP contribution is 2.42. The Kier molecular flexibility index (Phi) is 9.87. The Morgan fingerprint density at radius 1 is 1.09 bits per heavy atom. The number of halogens is 6. The molecule has 0 radical (unpaired) electrons. The van der Waals surface area contributed by atoms with Crippen molar-refractivity contribution in [3.05, 3.63) is 71.4 Å². The molecule has 5 rings (SSSR count). The third kappa shape index (κ3) is 7.73. The predicted molar refractivity (Wildman–Crippen MR) is 152 cm³/mol. The number of fused-ring (bicyclic) bond motifs is 1. The van der Waals surface area contributed by atoms with Gasteiger partial charge in [0.05, 0.1) is 28.2 Å². The van der Waals surface area contributed by atoms with Crippen LogP contribution in [0.1, 0.15) is 54.2 Å². The Morgan fingerprint density at radius 3 is 2.39 bits per heavy atom. The van der Waals surface area contributed by atoms with Gasteiger partial charge in [0.2, 0.25) is 5.91 Å². The van der Waals surface area contributed by atoms with Gasteiger partial charge in [0.1, 0.15) is 17.2 Å². The minimum atomic E-state index is -5.08. The van der Waals surface area contributed by atoms with E-state index in [-0.39, 0.29) is 30.0 Å². The largest absolute Gasteiger partial charge is 0.490 e. The molecular weight excluding hydrogens is 624 g/mol. The van der Waals surface area contributed by atoms with E-state index in [2.05, 4.69) is 20.3 Å². The number of alkyl halides is 6. The standard InChI is InChI=1S/C28H26F3N5O3.C2HF3O2/c1-3-32-27(38)18-10-9-17(13-20(18)28(29,30)31)39-25-15-23-22(34-26(35-23)21-7-4-5-11-33-21)14-19(25)24-8-6-12-36(24)16(2)37;3-2(4,5)1(6)7/h4-5,7,9-11,13-15,24H,3,6,8,12H2,1-2H3,(H,32,38)(H,34,35);(H,6,7). The van der Waals surface area contributed by atoms with E-state index in [1.807, 2.05) is 12.1 Å². The number of hydrogen-bond donors (Lipinski definition) is 3. The number of ether oxygens (including phenoxy) is 1. The molecule has 46 heavy (non-hydrogen) atoms. The Morgan fingerprint density at radius 2 is 1.80 bits per heavy atom. The number of carboxylic acid groups (broad SMARTS) is 1. The summed E-state index contributed by atoms with van der Waals surface area (Å²) in [6.45, 7) is 3.87. The lowest BCUT2D eigenvalue weighted by Gasteiger charge is -2.25. The minimum absolute atomic E-state index is 0.0937. The average molecular weight is 652 g/mol. The van der Waals surface area contributed by atoms with E-state index in [1.54, 1.807) is 36.2 Å². The van der Waals surface area contributed by atoms with Crippen molar-refractivity contribution < 1.29 is 50.6 Å². The number of nitrogens with one attached hydrogen (secondary N) is 2. The van der Waals surface area contributed by atoms with Crippen LogP contribution in [0, 0.1) is 0 Å². The second-order valence-electron chi connectivity index (χ2n) is 10.0. The van der Waals surface area contributed by atoms with Gasteiger partial charge in [0, 0.05) is 37.8 Å². The monoisotopic (exact) mass is 651 g/mol. The van der Waals surface area contributed by atoms with Crippen LogP contribution in [0.2, 0.25) is 0 Å². The highest BCUT2D eigenvalue weighted by atomic mass is 19.4. The number of H-pyrrole nitrogens is 1. The zero-order chi connectivity index (χ0) is 33.8. The van der Waals surface area contributed by atoms with Gasteiger partial charge >= 0.3 is 18.3 Å². The summed E-state index contributed by atoms with van der Waals surface area (Å²) < 4.78 is 79.5. The molecule has 0 saturated carbocycles. The Balaban J connectivity index is 0.000000617. The summed E-state index contributed by atoms with van der Waals surface area (Å²) in [7, 11) is 0. The molecule has 1 atom stereocenters. The summed E-state index contributed by atoms with van der Waals surface area (Å²) >= 11 is 0. The lowest BCUT2D eigenvalue weighted by atomic mass is 10.0. The summed E-state index contributed by atoms with van der Waals surface area (Å²) in [5.41, 5.74) is 0.885. The molecule has 10 nitrogen and oxygen atoms in total. The summed E-state index contributed by atoms with van der Waals surface area (Å²) in [5, 5.41) is 9.53. The number of pyridine rings is 1. The molecule has 1 fully saturated rings. The Bertz CT molecular complexity index is 1740. The van der Waals surface area contributed by atoms with E-state index >= 15 is 0 Å². The number of imidazole rings is 1. The van der Waals surface area contributed by atoms with Crippen LogP contribution in [0.3, 0.4) is 0 Å². The third-order valence-corrected chi connectivity index (χ3v) is 6.89. The van der Waals surface area contributed by atoms with Crippen molar-refractivity contribution in [2.75, 3.05) is 13.1 Å². The van der Waals surface area contributed by atoms with Crippen molar-refractivity contribution in [1.82, 2.24) is 25.2 Å². The first-order valence-corrected chi connectivity index (χ1v) is 13.8. The number of carboxylic acids is 1. The smallest absolute Gasteiger partial charge is 0.475 e. The number of rotatable bonds is 6. The molecule has 244 valence electrons. The van der Waals surface area contributed by atoms with Gasteiger partial charge in [0.25, 0.3) is 5.91 Å². The number of carbonyl (C=O) groups is 3. The van der Waals surface area contributed by atoms with Crippen LogP contribution in [0.15, 0.2) is 54.7 Å². The van der Waals surface area contributed by atoms with Crippen molar-refractivity contribution in [2.24, 2.45) is 0 Å². The molecule has 3 heterocycles. The topological polar surface area (TPSA) is 138 Å². The summed E-state index contributed by atoms with van der Waals surface area (Å²) in [4.78, 5) is 47.4. The van der Waals surface area contributed by atoms with Gasteiger partial charge in [-0.15, -0.1) is 0 Å². The molecule has 1 aliphatic rings. The van der Waals surface area contributed by atoms with Crippen LogP contribution < -0.4 is 10.1 Å². The van der Waals surface area contributed by atoms with Crippen molar-refractivity contribution in [2.45, 2.75) is 45.1 Å². The average Bonchev–Trinajstić information content (AvgIpc) is 3.64. The second kappa shape index (κ2) is 13.5. The maximum absolute atomic E-state index is 13.9. The molecule has 0 bridgehead atoms. The lowest BCUT2D eigenvalue weighted by Crippen LogP contribution is -2.28. The normalized spacial score (nSPS) is 14.9. The second-order valence-corrected chi connectivity index (χ2v) is 10.0. The molecule has 16 heteroatoms. The van der Waals surface area contributed by atoms with Crippen LogP contribution in [0.25, 0.3) is 22.6 Å². The zero-order valence-corrected chi connectivity index (χ0v) is 24.3. The number of aromatic amines is 1. The molecule has 0 aliphatic carbocycles. The molecule has 0 spiro atoms. The van der Waals surface area contributed by atoms with Gasteiger partial charge < -0.3 is 25.0 Å². The number of carbonyl (C=O) groups excluding carboxylic acids is 2. The lowest BCUT2D eigenvalue weighted by molar-refractivity contribution is -0.192. The van der Waals surface area contributed by atoms with Crippen molar-refractivity contribution in [1.29, 1.82) is 0 Å². The molecule has 1 unspecified atom stereocenters. The molecule has 2 aromatic heterocycles. The summed E-state index contributed by atoms with van der Waals surface area (Å²) in [6, 6.07) is 11.8. The highest BCUT2D eigenvalue weighted by molar-refractivity contribution is 5.96. The minimum Gasteiger partial charge on any atom is -0.475 e. The van der Waals surface area contributed by atoms with E-state index in [9.17, 15) is 35.9 Å². The number of hydrogen-bond acceptors (Lipinski definition) is 6. The zero-order valence-electron chi connectivity index (χ0n) is 24.3. The fourth-order valence-corrected chi connectivity index (χ4v) is 4.90. The first kappa shape index (κ1) is 33.7. The molecule has 3 N–H and O–H groups in total. The number of aliphatic carboxylic acids is 1. The van der Waals surface area contributed by atoms with Crippen molar-refractivity contribution >= 4 is 28.8 Å². The third-order valence-electron chi connectivity index (χ3n) is 6.89. The molecular formula is C30H27F6N5O5. The SMILES string of the molecule is CCNC(=O)c1ccc(Oc2cc3nc(-c4ccccn4)[nH]c3cc2C2CCCN2C(C)=O)cc1C(F)(F)F.O=C(O)C(F)(F)F. The van der Waals surface area contributed by atoms with Crippen molar-refractivity contribution in [3.8, 4) is 23.0 Å². The molecule has 4 aromatic rings. The van der Waals surface area contributed by atoms with Gasteiger partial charge in [-0.05, 0) is 56.2 Å². The maximum atomic E-state index is 13.9. The van der Waals surface area contributed by atoms with Crippen LogP contribution in [-0.2, 0) is 15.8 Å². The van der Waals surface area contributed by atoms with E-state index < -0.39 is 35.4 Å². The molecule has 2 aromatic carbocycles. The Hall–Kier alpha value is -5.15. The van der Waals surface area contributed by atoms with Crippen LogP contribution in [0.4, 0.5) is 26.3 Å². The molecule has 2 amide bonds. The van der Waals surface area contributed by atoms with E-state index in [4.69, 9.17) is 14.6 Å². The van der Waals surface area contributed by atoms with Gasteiger partial charge in [-0.1, -0.05) is 6.07 Å². The van der Waals surface area contributed by atoms with E-state index in [1.165, 1.54) is 13.0 Å². The van der Waals surface area contributed by atoms with Gasteiger partial charge in [-0.2, -0.15) is 26.3 Å². The fraction of sp³-hybridized carbons (Fsp3) is 0.300. The van der Waals surface area contributed by atoms with Crippen LogP contribution in [-0.4, -0.2) is 62.0 Å². The van der Waals surface area contributed by atoms with Crippen molar-refractivity contribution in [3.63, 3.8) is 0 Å². The number of benzene rings is 2. The number of nitrogens with zero attached hydrogens (tertiary/aromatic N) is 3. The fourth-order valence-electron chi connectivity index (χ4n) is 4.90. The first-order chi connectivity index (χ1) is 21.6. The molecule has 1 saturated heterocycles. The van der Waals surface area contributed by atoms with Crippen LogP contribution >= 0.6 is 0 Å².